The van der Waals surface area contributed by atoms with Crippen LogP contribution in [0.3, 0.4) is 0 Å². The lowest BCUT2D eigenvalue weighted by atomic mass is 10.2. The zero-order valence-electron chi connectivity index (χ0n) is 11.9. The van der Waals surface area contributed by atoms with Gasteiger partial charge >= 0.3 is 5.97 Å². The van der Waals surface area contributed by atoms with E-state index in [4.69, 9.17) is 9.15 Å². The van der Waals surface area contributed by atoms with Gasteiger partial charge in [0.15, 0.2) is 0 Å². The van der Waals surface area contributed by atoms with E-state index in [1.165, 1.54) is 44.4 Å². The highest BCUT2D eigenvalue weighted by molar-refractivity contribution is 7.88. The van der Waals surface area contributed by atoms with Crippen LogP contribution in [0.1, 0.15) is 16.1 Å². The van der Waals surface area contributed by atoms with Crippen molar-refractivity contribution in [2.24, 2.45) is 0 Å². The fraction of sp³-hybridized carbons (Fsp3) is 0.214. The molecule has 8 heteroatoms. The number of nitrogens with zero attached hydrogens (tertiary/aromatic N) is 1. The van der Waals surface area contributed by atoms with E-state index in [1.54, 1.807) is 0 Å². The third kappa shape index (κ3) is 3.52. The molecule has 1 heterocycles. The van der Waals surface area contributed by atoms with Gasteiger partial charge in [0.1, 0.15) is 18.2 Å². The molecule has 0 atom stereocenters. The summed E-state index contributed by atoms with van der Waals surface area (Å²) in [6, 6.07) is 7.74. The summed E-state index contributed by atoms with van der Waals surface area (Å²) >= 11 is 0. The summed E-state index contributed by atoms with van der Waals surface area (Å²) in [5.41, 5.74) is 0.0627. The van der Waals surface area contributed by atoms with E-state index in [0.717, 1.165) is 10.4 Å². The quantitative estimate of drug-likeness (QED) is 0.785. The largest absolute Gasteiger partial charge is 0.454 e. The minimum absolute atomic E-state index is 0.0627. The number of ether oxygens (including phenoxy) is 1. The molecule has 0 amide bonds. The first-order chi connectivity index (χ1) is 10.3. The van der Waals surface area contributed by atoms with Crippen LogP contribution in [0.25, 0.3) is 0 Å². The second-order valence-electron chi connectivity index (χ2n) is 4.59. The molecule has 0 N–H and O–H groups in total. The second kappa shape index (κ2) is 6.29. The van der Waals surface area contributed by atoms with Gasteiger partial charge in [-0.2, -0.15) is 0 Å². The molecule has 0 bridgehead atoms. The van der Waals surface area contributed by atoms with E-state index in [1.807, 2.05) is 0 Å². The average molecular weight is 327 g/mol. The van der Waals surface area contributed by atoms with E-state index >= 15 is 0 Å². The lowest BCUT2D eigenvalue weighted by molar-refractivity contribution is 0.0440. The number of carbonyl (C=O) groups is 1. The maximum Gasteiger partial charge on any atom is 0.338 e. The van der Waals surface area contributed by atoms with Crippen LogP contribution in [-0.4, -0.2) is 32.8 Å². The smallest absolute Gasteiger partial charge is 0.338 e. The van der Waals surface area contributed by atoms with Crippen LogP contribution in [0, 0.1) is 5.82 Å². The van der Waals surface area contributed by atoms with Gasteiger partial charge < -0.3 is 9.15 Å². The van der Waals surface area contributed by atoms with Crippen molar-refractivity contribution in [3.63, 3.8) is 0 Å². The van der Waals surface area contributed by atoms with Crippen LogP contribution in [-0.2, 0) is 21.4 Å². The summed E-state index contributed by atoms with van der Waals surface area (Å²) in [7, 11) is -0.923. The normalized spacial score (nSPS) is 11.6. The standard InChI is InChI=1S/C14H14FNO5S/c1-16(2)22(18,19)13-7-6-12(21-13)9-20-14(17)10-4-3-5-11(15)8-10/h3-8H,9H2,1-2H3. The van der Waals surface area contributed by atoms with Gasteiger partial charge in [-0.25, -0.2) is 21.9 Å². The van der Waals surface area contributed by atoms with Gasteiger partial charge in [0.05, 0.1) is 5.56 Å². The lowest BCUT2D eigenvalue weighted by Crippen LogP contribution is -2.21. The minimum atomic E-state index is -3.68. The Morgan fingerprint density at radius 2 is 2.00 bits per heavy atom. The second-order valence-corrected chi connectivity index (χ2v) is 6.68. The Kier molecular flexibility index (Phi) is 4.62. The number of halogens is 1. The van der Waals surface area contributed by atoms with E-state index in [-0.39, 0.29) is 23.0 Å². The number of furan rings is 1. The third-order valence-corrected chi connectivity index (χ3v) is 4.47. The first-order valence-electron chi connectivity index (χ1n) is 6.24. The maximum absolute atomic E-state index is 13.0. The van der Waals surface area contributed by atoms with E-state index in [2.05, 4.69) is 0 Å². The lowest BCUT2D eigenvalue weighted by Gasteiger charge is -2.07. The molecule has 0 saturated carbocycles. The Morgan fingerprint density at radius 1 is 1.27 bits per heavy atom. The van der Waals surface area contributed by atoms with Gasteiger partial charge in [0.2, 0.25) is 5.09 Å². The highest BCUT2D eigenvalue weighted by Crippen LogP contribution is 2.18. The number of sulfonamides is 1. The zero-order valence-corrected chi connectivity index (χ0v) is 12.8. The molecule has 2 rings (SSSR count). The molecule has 0 aliphatic rings. The molecule has 0 radical (unpaired) electrons. The highest BCUT2D eigenvalue weighted by Gasteiger charge is 2.21. The predicted molar refractivity (Wildman–Crippen MR) is 75.1 cm³/mol. The van der Waals surface area contributed by atoms with Crippen LogP contribution in [0.5, 0.6) is 0 Å². The van der Waals surface area contributed by atoms with Crippen LogP contribution in [0.2, 0.25) is 0 Å². The Labute approximate surface area is 127 Å². The number of rotatable bonds is 5. The van der Waals surface area contributed by atoms with Crippen molar-refractivity contribution >= 4 is 16.0 Å². The summed E-state index contributed by atoms with van der Waals surface area (Å²) in [4.78, 5) is 11.7. The van der Waals surface area contributed by atoms with Crippen molar-refractivity contribution in [2.75, 3.05) is 14.1 Å². The van der Waals surface area contributed by atoms with Crippen LogP contribution in [0.15, 0.2) is 45.9 Å². The van der Waals surface area contributed by atoms with E-state index < -0.39 is 21.8 Å². The molecule has 6 nitrogen and oxygen atoms in total. The van der Waals surface area contributed by atoms with Crippen LogP contribution >= 0.6 is 0 Å². The summed E-state index contributed by atoms with van der Waals surface area (Å²) in [6.07, 6.45) is 0. The molecular formula is C14H14FNO5S. The van der Waals surface area contributed by atoms with Crippen molar-refractivity contribution in [1.29, 1.82) is 0 Å². The Hall–Kier alpha value is -2.19. The molecule has 22 heavy (non-hydrogen) atoms. The van der Waals surface area contributed by atoms with Gasteiger partial charge in [0, 0.05) is 14.1 Å². The summed E-state index contributed by atoms with van der Waals surface area (Å²) < 4.78 is 47.7. The monoisotopic (exact) mass is 327 g/mol. The van der Waals surface area contributed by atoms with Crippen molar-refractivity contribution in [1.82, 2.24) is 4.31 Å². The van der Waals surface area contributed by atoms with Gasteiger partial charge in [-0.15, -0.1) is 0 Å². The molecule has 118 valence electrons. The summed E-state index contributed by atoms with van der Waals surface area (Å²) in [6.45, 7) is -0.252. The molecule has 0 unspecified atom stereocenters. The summed E-state index contributed by atoms with van der Waals surface area (Å²) in [5.74, 6) is -1.11. The molecule has 0 fully saturated rings. The van der Waals surface area contributed by atoms with Gasteiger partial charge in [-0.3, -0.25) is 0 Å². The average Bonchev–Trinajstić information content (AvgIpc) is 2.94. The third-order valence-electron chi connectivity index (χ3n) is 2.78. The number of hydrogen-bond donors (Lipinski definition) is 0. The Balaban J connectivity index is 2.04. The number of hydrogen-bond acceptors (Lipinski definition) is 5. The zero-order chi connectivity index (χ0) is 16.3. The fourth-order valence-electron chi connectivity index (χ4n) is 1.59. The Morgan fingerprint density at radius 3 is 2.64 bits per heavy atom. The molecule has 2 aromatic rings. The fourth-order valence-corrected chi connectivity index (χ4v) is 2.40. The molecule has 0 spiro atoms. The van der Waals surface area contributed by atoms with Gasteiger partial charge in [-0.1, -0.05) is 6.07 Å². The van der Waals surface area contributed by atoms with Gasteiger partial charge in [-0.05, 0) is 30.3 Å². The van der Waals surface area contributed by atoms with E-state index in [9.17, 15) is 17.6 Å². The number of esters is 1. The topological polar surface area (TPSA) is 76.8 Å². The van der Waals surface area contributed by atoms with Crippen molar-refractivity contribution < 1.29 is 26.8 Å². The van der Waals surface area contributed by atoms with Crippen LogP contribution < -0.4 is 0 Å². The first kappa shape index (κ1) is 16.2. The molecule has 0 saturated heterocycles. The number of carbonyl (C=O) groups excluding carboxylic acids is 1. The van der Waals surface area contributed by atoms with Crippen molar-refractivity contribution in [2.45, 2.75) is 11.7 Å². The SMILES string of the molecule is CN(C)S(=O)(=O)c1ccc(COC(=O)c2cccc(F)c2)o1. The van der Waals surface area contributed by atoms with Crippen molar-refractivity contribution in [3.05, 3.63) is 53.5 Å². The minimum Gasteiger partial charge on any atom is -0.454 e. The van der Waals surface area contributed by atoms with E-state index in [0.29, 0.717) is 0 Å². The summed E-state index contributed by atoms with van der Waals surface area (Å²) in [5, 5.41) is -0.241. The molecular weight excluding hydrogens is 313 g/mol. The molecule has 1 aromatic carbocycles. The van der Waals surface area contributed by atoms with Gasteiger partial charge in [0.25, 0.3) is 10.0 Å². The predicted octanol–water partition coefficient (Wildman–Crippen LogP) is 2.03. The maximum atomic E-state index is 13.0. The van der Waals surface area contributed by atoms with Crippen molar-refractivity contribution in [3.8, 4) is 0 Å². The molecule has 1 aromatic heterocycles. The molecule has 0 aliphatic carbocycles. The first-order valence-corrected chi connectivity index (χ1v) is 7.68. The number of benzene rings is 1. The van der Waals surface area contributed by atoms with Crippen LogP contribution in [0.4, 0.5) is 4.39 Å². The molecule has 0 aliphatic heterocycles. The Bertz CT molecular complexity index is 782. The highest BCUT2D eigenvalue weighted by atomic mass is 32.2.